The molecular formula is C26H23FN4O2S. The molecular weight excluding hydrogens is 451 g/mol. The zero-order chi connectivity index (χ0) is 23.7. The molecule has 0 saturated carbocycles. The van der Waals surface area contributed by atoms with Crippen molar-refractivity contribution >= 4 is 23.0 Å². The van der Waals surface area contributed by atoms with Crippen molar-refractivity contribution in [2.24, 2.45) is 0 Å². The quantitative estimate of drug-likeness (QED) is 0.388. The second-order valence-corrected chi connectivity index (χ2v) is 8.18. The smallest absolute Gasteiger partial charge is 0.174 e. The SMILES string of the molecule is COc1ccc(OC)c(N2C(=S)NC(c3ccccn3)C2c2cccn2-c2ccccc2F)c1. The van der Waals surface area contributed by atoms with Crippen molar-refractivity contribution in [3.05, 3.63) is 102 Å². The highest BCUT2D eigenvalue weighted by molar-refractivity contribution is 7.80. The maximum Gasteiger partial charge on any atom is 0.174 e. The lowest BCUT2D eigenvalue weighted by Gasteiger charge is -2.30. The van der Waals surface area contributed by atoms with Crippen molar-refractivity contribution in [2.75, 3.05) is 19.1 Å². The Morgan fingerprint density at radius 3 is 2.50 bits per heavy atom. The van der Waals surface area contributed by atoms with Crippen molar-refractivity contribution < 1.29 is 13.9 Å². The molecule has 172 valence electrons. The topological polar surface area (TPSA) is 51.6 Å². The van der Waals surface area contributed by atoms with Crippen molar-refractivity contribution in [3.8, 4) is 17.2 Å². The van der Waals surface area contributed by atoms with Crippen molar-refractivity contribution in [1.82, 2.24) is 14.9 Å². The molecule has 1 fully saturated rings. The van der Waals surface area contributed by atoms with Crippen LogP contribution in [0, 0.1) is 5.82 Å². The van der Waals surface area contributed by atoms with Gasteiger partial charge < -0.3 is 24.3 Å². The van der Waals surface area contributed by atoms with E-state index in [9.17, 15) is 4.39 Å². The number of methoxy groups -OCH3 is 2. The van der Waals surface area contributed by atoms with Gasteiger partial charge in [0.25, 0.3) is 0 Å². The van der Waals surface area contributed by atoms with E-state index in [0.29, 0.717) is 22.3 Å². The summed E-state index contributed by atoms with van der Waals surface area (Å²) in [6.45, 7) is 0. The van der Waals surface area contributed by atoms with Gasteiger partial charge in [-0.2, -0.15) is 0 Å². The van der Waals surface area contributed by atoms with Gasteiger partial charge >= 0.3 is 0 Å². The third-order valence-corrected chi connectivity index (χ3v) is 6.25. The van der Waals surface area contributed by atoms with Gasteiger partial charge in [0.15, 0.2) is 5.11 Å². The van der Waals surface area contributed by atoms with E-state index in [-0.39, 0.29) is 17.9 Å². The minimum atomic E-state index is -0.349. The highest BCUT2D eigenvalue weighted by Gasteiger charge is 2.43. The summed E-state index contributed by atoms with van der Waals surface area (Å²) >= 11 is 5.83. The van der Waals surface area contributed by atoms with E-state index < -0.39 is 0 Å². The van der Waals surface area contributed by atoms with Crippen LogP contribution in [0.3, 0.4) is 0 Å². The van der Waals surface area contributed by atoms with Crippen LogP contribution < -0.4 is 19.7 Å². The van der Waals surface area contributed by atoms with Crippen molar-refractivity contribution in [2.45, 2.75) is 12.1 Å². The Morgan fingerprint density at radius 2 is 1.76 bits per heavy atom. The molecule has 0 radical (unpaired) electrons. The first kappa shape index (κ1) is 21.9. The second kappa shape index (κ2) is 9.15. The molecule has 0 aliphatic carbocycles. The molecule has 1 N–H and O–H groups in total. The van der Waals surface area contributed by atoms with E-state index in [1.807, 2.05) is 70.3 Å². The van der Waals surface area contributed by atoms with Crippen LogP contribution in [0.15, 0.2) is 85.2 Å². The fourth-order valence-corrected chi connectivity index (χ4v) is 4.74. The van der Waals surface area contributed by atoms with Crippen LogP contribution in [-0.4, -0.2) is 28.9 Å². The molecule has 1 aliphatic rings. The van der Waals surface area contributed by atoms with Crippen LogP contribution in [0.2, 0.25) is 0 Å². The number of thiocarbonyl (C=S) groups is 1. The number of aromatic nitrogens is 2. The highest BCUT2D eigenvalue weighted by atomic mass is 32.1. The fraction of sp³-hybridized carbons (Fsp3) is 0.154. The number of halogens is 1. The average molecular weight is 475 g/mol. The van der Waals surface area contributed by atoms with E-state index in [4.69, 9.17) is 21.7 Å². The number of hydrogen-bond acceptors (Lipinski definition) is 4. The Morgan fingerprint density at radius 1 is 0.941 bits per heavy atom. The van der Waals surface area contributed by atoms with Gasteiger partial charge in [0, 0.05) is 24.2 Å². The number of para-hydroxylation sites is 1. The Bertz CT molecular complexity index is 1330. The van der Waals surface area contributed by atoms with Gasteiger partial charge in [-0.15, -0.1) is 0 Å². The van der Waals surface area contributed by atoms with Crippen LogP contribution in [0.25, 0.3) is 5.69 Å². The summed E-state index contributed by atoms with van der Waals surface area (Å²) in [7, 11) is 3.23. The number of nitrogens with zero attached hydrogens (tertiary/aromatic N) is 3. The number of benzene rings is 2. The molecule has 4 aromatic rings. The van der Waals surface area contributed by atoms with Crippen molar-refractivity contribution in [3.63, 3.8) is 0 Å². The summed E-state index contributed by atoms with van der Waals surface area (Å²) in [4.78, 5) is 6.58. The molecule has 8 heteroatoms. The van der Waals surface area contributed by atoms with E-state index in [0.717, 1.165) is 17.1 Å². The lowest BCUT2D eigenvalue weighted by atomic mass is 10.0. The highest BCUT2D eigenvalue weighted by Crippen LogP contribution is 2.46. The molecule has 2 atom stereocenters. The number of rotatable bonds is 6. The van der Waals surface area contributed by atoms with Gasteiger partial charge in [-0.25, -0.2) is 4.39 Å². The first-order valence-electron chi connectivity index (χ1n) is 10.8. The molecule has 5 rings (SSSR count). The summed E-state index contributed by atoms with van der Waals surface area (Å²) in [5, 5.41) is 3.94. The maximum absolute atomic E-state index is 14.8. The first-order chi connectivity index (χ1) is 16.6. The van der Waals surface area contributed by atoms with E-state index in [2.05, 4.69) is 10.3 Å². The summed E-state index contributed by atoms with van der Waals surface area (Å²) in [5.41, 5.74) is 2.86. The minimum absolute atomic E-state index is 0.287. The number of pyridine rings is 1. The van der Waals surface area contributed by atoms with Crippen LogP contribution in [0.1, 0.15) is 23.5 Å². The van der Waals surface area contributed by atoms with Gasteiger partial charge in [0.2, 0.25) is 0 Å². The Balaban J connectivity index is 1.72. The van der Waals surface area contributed by atoms with E-state index in [1.54, 1.807) is 32.5 Å². The average Bonchev–Trinajstić information content (AvgIpc) is 3.48. The largest absolute Gasteiger partial charge is 0.497 e. The number of anilines is 1. The predicted octanol–water partition coefficient (Wildman–Crippen LogP) is 5.21. The standard InChI is InChI=1S/C26H23FN4O2S/c1-32-17-12-13-23(33-2)22(16-17)31-25(24(29-26(31)34)19-9-5-6-14-28-19)21-11-7-15-30(21)20-10-4-3-8-18(20)27/h3-16,24-25H,1-2H3,(H,29,34). The molecule has 6 nitrogen and oxygen atoms in total. The van der Waals surface area contributed by atoms with E-state index in [1.165, 1.54) is 6.07 Å². The monoisotopic (exact) mass is 474 g/mol. The molecule has 0 amide bonds. The first-order valence-corrected chi connectivity index (χ1v) is 11.2. The fourth-order valence-electron chi connectivity index (χ4n) is 4.40. The molecule has 1 aliphatic heterocycles. The van der Waals surface area contributed by atoms with Crippen molar-refractivity contribution in [1.29, 1.82) is 0 Å². The van der Waals surface area contributed by atoms with Gasteiger partial charge in [0.1, 0.15) is 23.4 Å². The molecule has 0 spiro atoms. The molecule has 0 bridgehead atoms. The number of hydrogen-bond donors (Lipinski definition) is 1. The molecule has 3 heterocycles. The summed E-state index contributed by atoms with van der Waals surface area (Å²) < 4.78 is 27.8. The minimum Gasteiger partial charge on any atom is -0.497 e. The Kier molecular flexibility index (Phi) is 5.90. The van der Waals surface area contributed by atoms with Crippen LogP contribution in [0.4, 0.5) is 10.1 Å². The zero-order valence-corrected chi connectivity index (χ0v) is 19.5. The number of nitrogens with one attached hydrogen (secondary N) is 1. The van der Waals surface area contributed by atoms with Gasteiger partial charge in [-0.05, 0) is 60.7 Å². The van der Waals surface area contributed by atoms with E-state index >= 15 is 0 Å². The number of ether oxygens (including phenoxy) is 2. The maximum atomic E-state index is 14.8. The lowest BCUT2D eigenvalue weighted by molar-refractivity contribution is 0.402. The second-order valence-electron chi connectivity index (χ2n) is 7.79. The molecule has 1 saturated heterocycles. The summed E-state index contributed by atoms with van der Waals surface area (Å²) in [6.07, 6.45) is 3.60. The molecule has 2 aromatic carbocycles. The molecule has 2 unspecified atom stereocenters. The zero-order valence-electron chi connectivity index (χ0n) is 18.7. The summed E-state index contributed by atoms with van der Waals surface area (Å²) in [5.74, 6) is 0.997. The van der Waals surface area contributed by atoms with Crippen LogP contribution >= 0.6 is 12.2 Å². The van der Waals surface area contributed by atoms with Gasteiger partial charge in [0.05, 0.1) is 37.3 Å². The third kappa shape index (κ3) is 3.76. The van der Waals surface area contributed by atoms with Crippen LogP contribution in [0.5, 0.6) is 11.5 Å². The predicted molar refractivity (Wildman–Crippen MR) is 133 cm³/mol. The third-order valence-electron chi connectivity index (χ3n) is 5.94. The summed E-state index contributed by atoms with van der Waals surface area (Å²) in [6, 6.07) is 21.3. The lowest BCUT2D eigenvalue weighted by Crippen LogP contribution is -2.30. The van der Waals surface area contributed by atoms with Gasteiger partial charge in [-0.3, -0.25) is 4.98 Å². The van der Waals surface area contributed by atoms with Gasteiger partial charge in [-0.1, -0.05) is 18.2 Å². The molecule has 2 aromatic heterocycles. The normalized spacial score (nSPS) is 17.5. The Hall–Kier alpha value is -3.91. The Labute approximate surface area is 202 Å². The van der Waals surface area contributed by atoms with Crippen LogP contribution in [-0.2, 0) is 0 Å². The molecule has 34 heavy (non-hydrogen) atoms.